The van der Waals surface area contributed by atoms with Crippen molar-refractivity contribution in [1.29, 1.82) is 0 Å². The van der Waals surface area contributed by atoms with Gasteiger partial charge in [0.2, 0.25) is 5.95 Å². The summed E-state index contributed by atoms with van der Waals surface area (Å²) >= 11 is 0. The van der Waals surface area contributed by atoms with E-state index in [0.717, 1.165) is 29.8 Å². The number of benzene rings is 1. The first-order valence-corrected chi connectivity index (χ1v) is 7.63. The minimum Gasteiger partial charge on any atom is -0.495 e. The Bertz CT molecular complexity index is 741. The van der Waals surface area contributed by atoms with Crippen molar-refractivity contribution < 1.29 is 9.53 Å². The summed E-state index contributed by atoms with van der Waals surface area (Å²) in [5.41, 5.74) is 2.97. The summed E-state index contributed by atoms with van der Waals surface area (Å²) in [6, 6.07) is 7.79. The Labute approximate surface area is 135 Å². The molecular weight excluding hydrogens is 292 g/mol. The fraction of sp³-hybridized carbons (Fsp3) is 0.353. The van der Waals surface area contributed by atoms with E-state index in [-0.39, 0.29) is 5.91 Å². The molecule has 3 rings (SSSR count). The molecule has 0 unspecified atom stereocenters. The van der Waals surface area contributed by atoms with Gasteiger partial charge in [0, 0.05) is 11.7 Å². The number of aromatic nitrogens is 2. The average molecular weight is 312 g/mol. The fourth-order valence-electron chi connectivity index (χ4n) is 2.27. The molecule has 1 amide bonds. The Kier molecular flexibility index (Phi) is 4.14. The van der Waals surface area contributed by atoms with Crippen LogP contribution in [-0.4, -0.2) is 29.0 Å². The Morgan fingerprint density at radius 1 is 1.22 bits per heavy atom. The van der Waals surface area contributed by atoms with Gasteiger partial charge in [-0.15, -0.1) is 0 Å². The SMILES string of the molecule is COc1ccc(C)cc1Nc1nc(C)cc(C(=O)NC2CC2)n1. The van der Waals surface area contributed by atoms with Crippen molar-refractivity contribution in [1.82, 2.24) is 15.3 Å². The maximum Gasteiger partial charge on any atom is 0.270 e. The predicted molar refractivity (Wildman–Crippen MR) is 88.3 cm³/mol. The molecule has 1 saturated carbocycles. The number of carbonyl (C=O) groups is 1. The largest absolute Gasteiger partial charge is 0.495 e. The maximum atomic E-state index is 12.2. The summed E-state index contributed by atoms with van der Waals surface area (Å²) in [6.45, 7) is 3.84. The molecule has 2 N–H and O–H groups in total. The number of carbonyl (C=O) groups excluding carboxylic acids is 1. The standard InChI is InChI=1S/C17H20N4O2/c1-10-4-7-15(23-3)13(8-10)20-17-18-11(2)9-14(21-17)16(22)19-12-5-6-12/h4,7-9,12H,5-6H2,1-3H3,(H,19,22)(H,18,20,21). The number of hydrogen-bond donors (Lipinski definition) is 2. The zero-order valence-electron chi connectivity index (χ0n) is 13.5. The molecular formula is C17H20N4O2. The van der Waals surface area contributed by atoms with Crippen LogP contribution in [0.3, 0.4) is 0 Å². The molecule has 23 heavy (non-hydrogen) atoms. The molecule has 1 aliphatic carbocycles. The molecule has 0 atom stereocenters. The lowest BCUT2D eigenvalue weighted by molar-refractivity contribution is 0.0946. The molecule has 0 radical (unpaired) electrons. The topological polar surface area (TPSA) is 76.1 Å². The highest BCUT2D eigenvalue weighted by Gasteiger charge is 2.24. The van der Waals surface area contributed by atoms with Crippen molar-refractivity contribution in [3.8, 4) is 5.75 Å². The monoisotopic (exact) mass is 312 g/mol. The Morgan fingerprint density at radius 3 is 2.70 bits per heavy atom. The van der Waals surface area contributed by atoms with Crippen LogP contribution in [0.2, 0.25) is 0 Å². The first-order valence-electron chi connectivity index (χ1n) is 7.63. The van der Waals surface area contributed by atoms with Crippen molar-refractivity contribution in [2.24, 2.45) is 0 Å². The fourth-order valence-corrected chi connectivity index (χ4v) is 2.27. The van der Waals surface area contributed by atoms with E-state index in [0.29, 0.717) is 23.4 Å². The van der Waals surface area contributed by atoms with Gasteiger partial charge in [-0.2, -0.15) is 0 Å². The summed E-state index contributed by atoms with van der Waals surface area (Å²) in [5.74, 6) is 0.928. The van der Waals surface area contributed by atoms with Crippen molar-refractivity contribution in [2.45, 2.75) is 32.7 Å². The van der Waals surface area contributed by atoms with Gasteiger partial charge in [-0.25, -0.2) is 9.97 Å². The molecule has 6 heteroatoms. The molecule has 0 bridgehead atoms. The minimum absolute atomic E-state index is 0.155. The normalized spacial score (nSPS) is 13.5. The minimum atomic E-state index is -0.155. The van der Waals surface area contributed by atoms with E-state index in [2.05, 4.69) is 20.6 Å². The van der Waals surface area contributed by atoms with E-state index < -0.39 is 0 Å². The number of methoxy groups -OCH3 is 1. The Morgan fingerprint density at radius 2 is 2.00 bits per heavy atom. The summed E-state index contributed by atoms with van der Waals surface area (Å²) in [7, 11) is 1.61. The third-order valence-electron chi connectivity index (χ3n) is 3.60. The number of hydrogen-bond acceptors (Lipinski definition) is 5. The number of aryl methyl sites for hydroxylation is 2. The van der Waals surface area contributed by atoms with Gasteiger partial charge >= 0.3 is 0 Å². The van der Waals surface area contributed by atoms with Crippen LogP contribution in [0.1, 0.15) is 34.6 Å². The van der Waals surface area contributed by atoms with Crippen LogP contribution >= 0.6 is 0 Å². The van der Waals surface area contributed by atoms with Gasteiger partial charge in [0.1, 0.15) is 11.4 Å². The second-order valence-electron chi connectivity index (χ2n) is 5.79. The molecule has 1 aromatic heterocycles. The lowest BCUT2D eigenvalue weighted by Crippen LogP contribution is -2.26. The molecule has 120 valence electrons. The zero-order chi connectivity index (χ0) is 16.4. The summed E-state index contributed by atoms with van der Waals surface area (Å²) in [4.78, 5) is 20.9. The van der Waals surface area contributed by atoms with Crippen LogP contribution in [0.25, 0.3) is 0 Å². The van der Waals surface area contributed by atoms with Gasteiger partial charge in [0.25, 0.3) is 5.91 Å². The van der Waals surface area contributed by atoms with Crippen molar-refractivity contribution >= 4 is 17.5 Å². The number of anilines is 2. The van der Waals surface area contributed by atoms with Gasteiger partial charge in [-0.1, -0.05) is 6.07 Å². The smallest absolute Gasteiger partial charge is 0.270 e. The van der Waals surface area contributed by atoms with Crippen LogP contribution in [0, 0.1) is 13.8 Å². The highest BCUT2D eigenvalue weighted by molar-refractivity contribution is 5.93. The molecule has 0 saturated heterocycles. The van der Waals surface area contributed by atoms with Gasteiger partial charge in [0.15, 0.2) is 0 Å². The molecule has 1 aromatic carbocycles. The van der Waals surface area contributed by atoms with Crippen LogP contribution in [0.15, 0.2) is 24.3 Å². The highest BCUT2D eigenvalue weighted by atomic mass is 16.5. The van der Waals surface area contributed by atoms with Crippen molar-refractivity contribution in [3.63, 3.8) is 0 Å². The third-order valence-corrected chi connectivity index (χ3v) is 3.60. The molecule has 1 aliphatic rings. The number of amides is 1. The first kappa shape index (κ1) is 15.3. The van der Waals surface area contributed by atoms with Gasteiger partial charge in [-0.3, -0.25) is 4.79 Å². The Hall–Kier alpha value is -2.63. The Balaban J connectivity index is 1.86. The average Bonchev–Trinajstić information content (AvgIpc) is 3.31. The van der Waals surface area contributed by atoms with Gasteiger partial charge in [0.05, 0.1) is 12.8 Å². The molecule has 1 heterocycles. The van der Waals surface area contributed by atoms with Crippen LogP contribution in [0.5, 0.6) is 5.75 Å². The van der Waals surface area contributed by atoms with E-state index >= 15 is 0 Å². The lowest BCUT2D eigenvalue weighted by Gasteiger charge is -2.12. The van der Waals surface area contributed by atoms with Crippen LogP contribution in [-0.2, 0) is 0 Å². The molecule has 6 nitrogen and oxygen atoms in total. The van der Waals surface area contributed by atoms with E-state index in [1.54, 1.807) is 13.2 Å². The van der Waals surface area contributed by atoms with E-state index in [1.165, 1.54) is 0 Å². The number of rotatable bonds is 5. The van der Waals surface area contributed by atoms with Gasteiger partial charge in [-0.05, 0) is 50.5 Å². The molecule has 1 fully saturated rings. The quantitative estimate of drug-likeness (QED) is 0.888. The van der Waals surface area contributed by atoms with Crippen molar-refractivity contribution in [2.75, 3.05) is 12.4 Å². The number of nitrogens with one attached hydrogen (secondary N) is 2. The lowest BCUT2D eigenvalue weighted by atomic mass is 10.2. The van der Waals surface area contributed by atoms with E-state index in [4.69, 9.17) is 4.74 Å². The van der Waals surface area contributed by atoms with E-state index in [1.807, 2.05) is 32.0 Å². The second-order valence-corrected chi connectivity index (χ2v) is 5.79. The summed E-state index contributed by atoms with van der Waals surface area (Å²) in [5, 5.41) is 6.08. The molecule has 0 aliphatic heterocycles. The molecule has 0 spiro atoms. The number of ether oxygens (including phenoxy) is 1. The molecule has 2 aromatic rings. The third kappa shape index (κ3) is 3.77. The summed E-state index contributed by atoms with van der Waals surface area (Å²) in [6.07, 6.45) is 2.09. The number of nitrogens with zero attached hydrogens (tertiary/aromatic N) is 2. The van der Waals surface area contributed by atoms with Crippen molar-refractivity contribution in [3.05, 3.63) is 41.2 Å². The van der Waals surface area contributed by atoms with Crippen LogP contribution < -0.4 is 15.4 Å². The van der Waals surface area contributed by atoms with E-state index in [9.17, 15) is 4.79 Å². The zero-order valence-corrected chi connectivity index (χ0v) is 13.5. The van der Waals surface area contributed by atoms with Gasteiger partial charge < -0.3 is 15.4 Å². The van der Waals surface area contributed by atoms with Crippen LogP contribution in [0.4, 0.5) is 11.6 Å². The maximum absolute atomic E-state index is 12.2. The predicted octanol–water partition coefficient (Wildman–Crippen LogP) is 2.74. The second kappa shape index (κ2) is 6.24. The first-order chi connectivity index (χ1) is 11.0. The highest BCUT2D eigenvalue weighted by Crippen LogP contribution is 2.27. The summed E-state index contributed by atoms with van der Waals surface area (Å²) < 4.78 is 5.34.